The molecule has 0 aromatic heterocycles. The van der Waals surface area contributed by atoms with Gasteiger partial charge in [0.25, 0.3) is 0 Å². The van der Waals surface area contributed by atoms with Gasteiger partial charge >= 0.3 is 11.3 Å². The van der Waals surface area contributed by atoms with Crippen molar-refractivity contribution in [2.75, 3.05) is 11.4 Å². The Labute approximate surface area is 176 Å². The minimum absolute atomic E-state index is 0.281. The summed E-state index contributed by atoms with van der Waals surface area (Å²) < 4.78 is 19.6. The summed E-state index contributed by atoms with van der Waals surface area (Å²) in [6.45, 7) is 1.95. The maximum Gasteiger partial charge on any atom is 0.318 e. The molecule has 0 heterocycles. The molecule has 0 saturated carbocycles. The molecule has 28 heavy (non-hydrogen) atoms. The van der Waals surface area contributed by atoms with Crippen LogP contribution in [-0.4, -0.2) is 17.0 Å². The third kappa shape index (κ3) is 4.55. The zero-order chi connectivity index (χ0) is 20.3. The van der Waals surface area contributed by atoms with Crippen LogP contribution in [0.15, 0.2) is 66.7 Å². The zero-order valence-corrected chi connectivity index (χ0v) is 17.5. The molecule has 0 spiro atoms. The molecule has 1 atom stereocenters. The monoisotopic (exact) mass is 433 g/mol. The van der Waals surface area contributed by atoms with Crippen molar-refractivity contribution in [1.82, 2.24) is 0 Å². The Morgan fingerprint density at radius 1 is 0.964 bits per heavy atom. The van der Waals surface area contributed by atoms with Gasteiger partial charge in [0.1, 0.15) is 5.75 Å². The number of carbonyl (C=O) groups is 1. The molecule has 3 aromatic rings. The van der Waals surface area contributed by atoms with E-state index in [0.29, 0.717) is 27.0 Å². The number of benzene rings is 3. The van der Waals surface area contributed by atoms with E-state index in [-0.39, 0.29) is 11.3 Å². The lowest BCUT2D eigenvalue weighted by Crippen LogP contribution is -2.26. The molecule has 0 fully saturated rings. The number of carbonyl (C=O) groups excluding carboxylic acids is 1. The predicted octanol–water partition coefficient (Wildman–Crippen LogP) is 5.63. The lowest BCUT2D eigenvalue weighted by atomic mass is 10.0. The highest BCUT2D eigenvalue weighted by Crippen LogP contribution is 2.29. The standard InChI is InChI=1S/C21H17Cl2NO3S/c1-14-7-10-16(11-8-14)27-28(26)24(2)20-12-9-15(22)13-18(20)21(25)17-5-3-4-6-19(17)23/h3-13H,1-2H3. The molecule has 0 amide bonds. The molecular formula is C21H17Cl2NO3S. The Morgan fingerprint density at radius 2 is 1.64 bits per heavy atom. The Morgan fingerprint density at radius 3 is 2.32 bits per heavy atom. The van der Waals surface area contributed by atoms with Crippen LogP contribution in [0.25, 0.3) is 0 Å². The summed E-state index contributed by atoms with van der Waals surface area (Å²) in [4.78, 5) is 13.1. The number of hydrogen-bond donors (Lipinski definition) is 0. The number of hydrogen-bond acceptors (Lipinski definition) is 3. The fraction of sp³-hybridized carbons (Fsp3) is 0.0952. The van der Waals surface area contributed by atoms with Crippen LogP contribution in [0.1, 0.15) is 21.5 Å². The average Bonchev–Trinajstić information content (AvgIpc) is 2.69. The molecular weight excluding hydrogens is 417 g/mol. The molecule has 0 aliphatic heterocycles. The summed E-state index contributed by atoms with van der Waals surface area (Å²) in [6.07, 6.45) is 0. The van der Waals surface area contributed by atoms with Crippen LogP contribution >= 0.6 is 23.2 Å². The van der Waals surface area contributed by atoms with Gasteiger partial charge in [-0.1, -0.05) is 53.0 Å². The van der Waals surface area contributed by atoms with E-state index in [1.165, 1.54) is 10.4 Å². The van der Waals surface area contributed by atoms with Gasteiger partial charge in [0, 0.05) is 23.2 Å². The number of ketones is 1. The largest absolute Gasteiger partial charge is 0.385 e. The SMILES string of the molecule is Cc1ccc(OS(=O)N(C)c2ccc(Cl)cc2C(=O)c2ccccc2Cl)cc1. The molecule has 0 N–H and O–H groups in total. The molecule has 144 valence electrons. The van der Waals surface area contributed by atoms with Crippen LogP contribution in [0.4, 0.5) is 5.69 Å². The van der Waals surface area contributed by atoms with Crippen molar-refractivity contribution in [2.24, 2.45) is 0 Å². The highest BCUT2D eigenvalue weighted by Gasteiger charge is 2.22. The lowest BCUT2D eigenvalue weighted by molar-refractivity contribution is 0.103. The van der Waals surface area contributed by atoms with Gasteiger partial charge in [-0.25, -0.2) is 0 Å². The van der Waals surface area contributed by atoms with Crippen molar-refractivity contribution in [2.45, 2.75) is 6.92 Å². The summed E-state index contributed by atoms with van der Waals surface area (Å²) in [5.74, 6) is 0.144. The molecule has 0 saturated heterocycles. The molecule has 4 nitrogen and oxygen atoms in total. The summed E-state index contributed by atoms with van der Waals surface area (Å²) >= 11 is 10.4. The zero-order valence-electron chi connectivity index (χ0n) is 15.2. The maximum atomic E-state index is 13.1. The van der Waals surface area contributed by atoms with Gasteiger partial charge in [0.05, 0.1) is 10.7 Å². The van der Waals surface area contributed by atoms with Gasteiger partial charge in [0.15, 0.2) is 5.78 Å². The summed E-state index contributed by atoms with van der Waals surface area (Å²) in [7, 11) is 1.58. The number of aryl methyl sites for hydroxylation is 1. The van der Waals surface area contributed by atoms with Gasteiger partial charge < -0.3 is 4.18 Å². The summed E-state index contributed by atoms with van der Waals surface area (Å²) in [6, 6.07) is 18.7. The highest BCUT2D eigenvalue weighted by atomic mass is 35.5. The number of anilines is 1. The maximum absolute atomic E-state index is 13.1. The van der Waals surface area contributed by atoms with E-state index < -0.39 is 11.3 Å². The molecule has 0 radical (unpaired) electrons. The van der Waals surface area contributed by atoms with Gasteiger partial charge in [0.2, 0.25) is 0 Å². The van der Waals surface area contributed by atoms with Gasteiger partial charge in [-0.05, 0) is 49.4 Å². The highest BCUT2D eigenvalue weighted by molar-refractivity contribution is 7.82. The molecule has 1 unspecified atom stereocenters. The van der Waals surface area contributed by atoms with Crippen molar-refractivity contribution in [3.63, 3.8) is 0 Å². The molecule has 0 aliphatic rings. The molecule has 0 bridgehead atoms. The van der Waals surface area contributed by atoms with Crippen LogP contribution in [-0.2, 0) is 11.3 Å². The Kier molecular flexibility index (Phi) is 6.39. The van der Waals surface area contributed by atoms with E-state index in [1.54, 1.807) is 55.6 Å². The van der Waals surface area contributed by atoms with E-state index >= 15 is 0 Å². The Balaban J connectivity index is 1.93. The number of nitrogens with zero attached hydrogens (tertiary/aromatic N) is 1. The van der Waals surface area contributed by atoms with Crippen LogP contribution in [0.3, 0.4) is 0 Å². The van der Waals surface area contributed by atoms with Gasteiger partial charge in [-0.15, -0.1) is 0 Å². The van der Waals surface area contributed by atoms with Gasteiger partial charge in [-0.3, -0.25) is 9.10 Å². The smallest absolute Gasteiger partial charge is 0.318 e. The van der Waals surface area contributed by atoms with Crippen LogP contribution in [0, 0.1) is 6.92 Å². The van der Waals surface area contributed by atoms with E-state index in [2.05, 4.69) is 0 Å². The van der Waals surface area contributed by atoms with Crippen molar-refractivity contribution in [1.29, 1.82) is 0 Å². The minimum Gasteiger partial charge on any atom is -0.385 e. The van der Waals surface area contributed by atoms with E-state index in [4.69, 9.17) is 27.4 Å². The van der Waals surface area contributed by atoms with Crippen molar-refractivity contribution in [3.05, 3.63) is 93.5 Å². The normalized spacial score (nSPS) is 11.7. The first-order valence-corrected chi connectivity index (χ1v) is 10.1. The number of rotatable bonds is 6. The fourth-order valence-electron chi connectivity index (χ4n) is 2.57. The minimum atomic E-state index is -1.86. The topological polar surface area (TPSA) is 46.6 Å². The quantitative estimate of drug-likeness (QED) is 0.473. The van der Waals surface area contributed by atoms with Crippen LogP contribution in [0.2, 0.25) is 10.0 Å². The molecule has 0 aliphatic carbocycles. The van der Waals surface area contributed by atoms with E-state index in [0.717, 1.165) is 5.56 Å². The molecule has 3 aromatic carbocycles. The third-order valence-corrected chi connectivity index (χ3v) is 5.62. The third-order valence-electron chi connectivity index (χ3n) is 4.07. The Hall–Kier alpha value is -2.34. The number of halogens is 2. The predicted molar refractivity (Wildman–Crippen MR) is 115 cm³/mol. The molecule has 3 rings (SSSR count). The first-order valence-electron chi connectivity index (χ1n) is 8.36. The first kappa shape index (κ1) is 20.4. The van der Waals surface area contributed by atoms with Crippen LogP contribution in [0.5, 0.6) is 5.75 Å². The Bertz CT molecular complexity index is 1040. The summed E-state index contributed by atoms with van der Waals surface area (Å²) in [5, 5.41) is 0.718. The van der Waals surface area contributed by atoms with Crippen molar-refractivity contribution < 1.29 is 13.2 Å². The lowest BCUT2D eigenvalue weighted by Gasteiger charge is -2.20. The van der Waals surface area contributed by atoms with Gasteiger partial charge in [-0.2, -0.15) is 4.21 Å². The second kappa shape index (κ2) is 8.78. The van der Waals surface area contributed by atoms with Crippen LogP contribution < -0.4 is 8.49 Å². The fourth-order valence-corrected chi connectivity index (χ4v) is 3.67. The van der Waals surface area contributed by atoms with Crippen molar-refractivity contribution in [3.8, 4) is 5.75 Å². The molecule has 7 heteroatoms. The second-order valence-corrected chi connectivity index (χ2v) is 8.07. The first-order chi connectivity index (χ1) is 13.4. The van der Waals surface area contributed by atoms with E-state index in [1.807, 2.05) is 19.1 Å². The second-order valence-electron chi connectivity index (χ2n) is 6.08. The average molecular weight is 434 g/mol. The van der Waals surface area contributed by atoms with Crippen molar-refractivity contribution >= 4 is 45.9 Å². The van der Waals surface area contributed by atoms with E-state index in [9.17, 15) is 9.00 Å². The summed E-state index contributed by atoms with van der Waals surface area (Å²) in [5.41, 5.74) is 2.10.